The van der Waals surface area contributed by atoms with E-state index in [9.17, 15) is 0 Å². The third-order valence-corrected chi connectivity index (χ3v) is 1.98. The van der Waals surface area contributed by atoms with Crippen molar-refractivity contribution in [2.45, 2.75) is 25.0 Å². The van der Waals surface area contributed by atoms with Gasteiger partial charge in [0.2, 0.25) is 0 Å². The minimum absolute atomic E-state index is 0. The number of ether oxygens (including phenoxy) is 1. The maximum Gasteiger partial charge on any atom is 0.0605 e. The fourth-order valence-electron chi connectivity index (χ4n) is 1.36. The van der Waals surface area contributed by atoms with Crippen molar-refractivity contribution in [3.05, 3.63) is 0 Å². The summed E-state index contributed by atoms with van der Waals surface area (Å²) >= 11 is 0. The third-order valence-electron chi connectivity index (χ3n) is 1.98. The molecule has 0 spiro atoms. The minimum atomic E-state index is 0. The molecule has 9 heavy (non-hydrogen) atoms. The summed E-state index contributed by atoms with van der Waals surface area (Å²) in [6, 6.07) is 0.794. The second-order valence-corrected chi connectivity index (χ2v) is 2.62. The second-order valence-electron chi connectivity index (χ2n) is 2.62. The van der Waals surface area contributed by atoms with E-state index in [1.165, 1.54) is 12.8 Å². The lowest BCUT2D eigenvalue weighted by Gasteiger charge is -2.31. The van der Waals surface area contributed by atoms with E-state index >= 15 is 0 Å². The molecule has 54 valence electrons. The molecule has 0 unspecified atom stereocenters. The van der Waals surface area contributed by atoms with Gasteiger partial charge in [-0.15, -0.1) is 12.4 Å². The summed E-state index contributed by atoms with van der Waals surface area (Å²) in [7, 11) is 0. The van der Waals surface area contributed by atoms with Crippen molar-refractivity contribution < 1.29 is 4.74 Å². The molecule has 0 amide bonds. The van der Waals surface area contributed by atoms with Gasteiger partial charge in [-0.2, -0.15) is 0 Å². The standard InChI is InChI=1S/C6H11NO.ClH/c1-2-8-6-3-5(4-6)7-1;/h5-7H,1-4H2;1H. The summed E-state index contributed by atoms with van der Waals surface area (Å²) in [5.74, 6) is 0. The van der Waals surface area contributed by atoms with Crippen LogP contribution in [0.25, 0.3) is 0 Å². The lowest BCUT2D eigenvalue weighted by atomic mass is 9.90. The van der Waals surface area contributed by atoms with Gasteiger partial charge in [-0.05, 0) is 12.8 Å². The van der Waals surface area contributed by atoms with Crippen LogP contribution >= 0.6 is 12.4 Å². The first-order valence-corrected chi connectivity index (χ1v) is 3.30. The monoisotopic (exact) mass is 149 g/mol. The second kappa shape index (κ2) is 2.86. The van der Waals surface area contributed by atoms with Gasteiger partial charge >= 0.3 is 0 Å². The molecule has 0 aromatic rings. The van der Waals surface area contributed by atoms with Gasteiger partial charge in [-0.3, -0.25) is 0 Å². The number of hydrogen-bond donors (Lipinski definition) is 1. The molecule has 2 bridgehead atoms. The molecule has 3 fully saturated rings. The smallest absolute Gasteiger partial charge is 0.0605 e. The van der Waals surface area contributed by atoms with Gasteiger partial charge in [0.05, 0.1) is 12.7 Å². The molecule has 2 aliphatic heterocycles. The molecule has 2 heterocycles. The fourth-order valence-corrected chi connectivity index (χ4v) is 1.36. The normalized spacial score (nSPS) is 40.0. The van der Waals surface area contributed by atoms with E-state index in [1.54, 1.807) is 0 Å². The lowest BCUT2D eigenvalue weighted by Crippen LogP contribution is -2.41. The summed E-state index contributed by atoms with van der Waals surface area (Å²) in [5.41, 5.74) is 0. The van der Waals surface area contributed by atoms with Gasteiger partial charge in [0.25, 0.3) is 0 Å². The quantitative estimate of drug-likeness (QED) is 0.544. The van der Waals surface area contributed by atoms with Crippen LogP contribution in [-0.2, 0) is 4.74 Å². The highest BCUT2D eigenvalue weighted by atomic mass is 35.5. The van der Waals surface area contributed by atoms with Crippen LogP contribution in [0.5, 0.6) is 0 Å². The summed E-state index contributed by atoms with van der Waals surface area (Å²) < 4.78 is 5.41. The van der Waals surface area contributed by atoms with E-state index in [4.69, 9.17) is 4.74 Å². The van der Waals surface area contributed by atoms with Crippen molar-refractivity contribution >= 4 is 12.4 Å². The summed E-state index contributed by atoms with van der Waals surface area (Å²) in [4.78, 5) is 0. The largest absolute Gasteiger partial charge is 0.377 e. The van der Waals surface area contributed by atoms with Crippen LogP contribution in [0.2, 0.25) is 0 Å². The maximum absolute atomic E-state index is 5.41. The Morgan fingerprint density at radius 2 is 2.11 bits per heavy atom. The number of halogens is 1. The van der Waals surface area contributed by atoms with Crippen molar-refractivity contribution in [3.8, 4) is 0 Å². The zero-order valence-electron chi connectivity index (χ0n) is 5.30. The summed E-state index contributed by atoms with van der Waals surface area (Å²) in [5, 5.41) is 3.39. The number of fused-ring (bicyclic) bond motifs is 3. The molecule has 0 aromatic heterocycles. The molecule has 3 aliphatic rings. The van der Waals surface area contributed by atoms with Crippen LogP contribution in [0.3, 0.4) is 0 Å². The zero-order chi connectivity index (χ0) is 5.40. The Morgan fingerprint density at radius 1 is 1.33 bits per heavy atom. The van der Waals surface area contributed by atoms with Gasteiger partial charge in [0, 0.05) is 12.6 Å². The molecule has 3 heteroatoms. The average Bonchev–Trinajstić information content (AvgIpc) is 1.89. The Hall–Kier alpha value is 0.210. The number of hydrogen-bond acceptors (Lipinski definition) is 2. The van der Waals surface area contributed by atoms with E-state index in [0.717, 1.165) is 19.2 Å². The first kappa shape index (κ1) is 7.32. The number of nitrogens with one attached hydrogen (secondary N) is 1. The van der Waals surface area contributed by atoms with Gasteiger partial charge in [0.15, 0.2) is 0 Å². The van der Waals surface area contributed by atoms with Gasteiger partial charge in [-0.25, -0.2) is 0 Å². The highest BCUT2D eigenvalue weighted by molar-refractivity contribution is 5.85. The fraction of sp³-hybridized carbons (Fsp3) is 1.00. The van der Waals surface area contributed by atoms with Gasteiger partial charge in [0.1, 0.15) is 0 Å². The van der Waals surface area contributed by atoms with Crippen LogP contribution in [-0.4, -0.2) is 25.3 Å². The SMILES string of the molecule is C1COC2CC(C2)N1.Cl. The van der Waals surface area contributed by atoms with Crippen molar-refractivity contribution in [1.82, 2.24) is 5.32 Å². The molecule has 1 saturated carbocycles. The first-order chi connectivity index (χ1) is 3.95. The highest BCUT2D eigenvalue weighted by Crippen LogP contribution is 2.24. The van der Waals surface area contributed by atoms with Crippen LogP contribution in [0.15, 0.2) is 0 Å². The molecule has 1 aliphatic carbocycles. The van der Waals surface area contributed by atoms with Crippen molar-refractivity contribution in [2.24, 2.45) is 0 Å². The predicted octanol–water partition coefficient (Wildman–Crippen LogP) is 0.559. The molecule has 3 rings (SSSR count). The predicted molar refractivity (Wildman–Crippen MR) is 38.0 cm³/mol. The molecule has 1 N–H and O–H groups in total. The molecule has 2 nitrogen and oxygen atoms in total. The lowest BCUT2D eigenvalue weighted by molar-refractivity contribution is 0.0169. The van der Waals surface area contributed by atoms with E-state index in [-0.39, 0.29) is 12.4 Å². The minimum Gasteiger partial charge on any atom is -0.377 e. The van der Waals surface area contributed by atoms with Crippen LogP contribution < -0.4 is 5.32 Å². The van der Waals surface area contributed by atoms with E-state index in [1.807, 2.05) is 0 Å². The Labute approximate surface area is 61.4 Å². The van der Waals surface area contributed by atoms with Crippen LogP contribution in [0.4, 0.5) is 0 Å². The molecule has 0 radical (unpaired) electrons. The van der Waals surface area contributed by atoms with Gasteiger partial charge in [-0.1, -0.05) is 0 Å². The van der Waals surface area contributed by atoms with E-state index < -0.39 is 0 Å². The van der Waals surface area contributed by atoms with Crippen LogP contribution in [0, 0.1) is 0 Å². The summed E-state index contributed by atoms with van der Waals surface area (Å²) in [6.45, 7) is 1.97. The molecule has 2 saturated heterocycles. The van der Waals surface area contributed by atoms with Crippen LogP contribution in [0.1, 0.15) is 12.8 Å². The average molecular weight is 150 g/mol. The van der Waals surface area contributed by atoms with E-state index in [0.29, 0.717) is 6.10 Å². The Kier molecular flexibility index (Phi) is 2.33. The van der Waals surface area contributed by atoms with Crippen molar-refractivity contribution in [3.63, 3.8) is 0 Å². The first-order valence-electron chi connectivity index (χ1n) is 3.30. The third kappa shape index (κ3) is 1.37. The van der Waals surface area contributed by atoms with Gasteiger partial charge < -0.3 is 10.1 Å². The number of rotatable bonds is 0. The van der Waals surface area contributed by atoms with E-state index in [2.05, 4.69) is 5.32 Å². The Morgan fingerprint density at radius 3 is 2.89 bits per heavy atom. The molecule has 0 aromatic carbocycles. The zero-order valence-corrected chi connectivity index (χ0v) is 6.12. The maximum atomic E-state index is 5.41. The topological polar surface area (TPSA) is 21.3 Å². The molecular formula is C6H12ClNO. The molecule has 0 atom stereocenters. The highest BCUT2D eigenvalue weighted by Gasteiger charge is 2.31. The van der Waals surface area contributed by atoms with Crippen molar-refractivity contribution in [2.75, 3.05) is 13.2 Å². The summed E-state index contributed by atoms with van der Waals surface area (Å²) in [6.07, 6.45) is 3.11. The molecular weight excluding hydrogens is 138 g/mol. The Bertz CT molecular complexity index is 77.5. The van der Waals surface area contributed by atoms with Crippen molar-refractivity contribution in [1.29, 1.82) is 0 Å². The Balaban J connectivity index is 0.000000405.